The van der Waals surface area contributed by atoms with Gasteiger partial charge < -0.3 is 5.41 Å². The van der Waals surface area contributed by atoms with Gasteiger partial charge in [-0.1, -0.05) is 66.6 Å². The van der Waals surface area contributed by atoms with Gasteiger partial charge >= 0.3 is 0 Å². The Kier molecular flexibility index (Phi) is 4.39. The fourth-order valence-electron chi connectivity index (χ4n) is 2.57. The lowest BCUT2D eigenvalue weighted by Crippen LogP contribution is -2.18. The van der Waals surface area contributed by atoms with Crippen molar-refractivity contribution in [3.63, 3.8) is 0 Å². The molecule has 1 N–H and O–H groups in total. The molecule has 2 aromatic carbocycles. The minimum atomic E-state index is 0.209. The Morgan fingerprint density at radius 1 is 0.800 bits per heavy atom. The summed E-state index contributed by atoms with van der Waals surface area (Å²) in [5.41, 5.74) is 5.86. The average Bonchev–Trinajstić information content (AvgIpc) is 2.43. The van der Waals surface area contributed by atoms with Crippen LogP contribution in [-0.4, -0.2) is 5.71 Å². The highest BCUT2D eigenvalue weighted by Crippen LogP contribution is 2.33. The van der Waals surface area contributed by atoms with Crippen LogP contribution in [0, 0.1) is 25.2 Å². The number of aryl methyl sites for hydroxylation is 2. The van der Waals surface area contributed by atoms with E-state index >= 15 is 0 Å². The summed E-state index contributed by atoms with van der Waals surface area (Å²) in [5, 5.41) is 8.01. The zero-order chi connectivity index (χ0) is 14.7. The molecule has 0 aliphatic heterocycles. The smallest absolute Gasteiger partial charge is 0.0167 e. The Hall–Kier alpha value is -1.89. The summed E-state index contributed by atoms with van der Waals surface area (Å²) >= 11 is 0. The van der Waals surface area contributed by atoms with Gasteiger partial charge in [-0.15, -0.1) is 0 Å². The van der Waals surface area contributed by atoms with Gasteiger partial charge in [0.05, 0.1) is 0 Å². The molecule has 0 radical (unpaired) electrons. The fraction of sp³-hybridized carbons (Fsp3) is 0.316. The van der Waals surface area contributed by atoms with Crippen LogP contribution in [0.3, 0.4) is 0 Å². The van der Waals surface area contributed by atoms with Gasteiger partial charge in [-0.25, -0.2) is 0 Å². The standard InChI is InChI=1S/C19H23N/c1-13-5-9-17(10-6-13)19(15(3)16(4)20)18-11-7-14(2)8-12-18/h5-12,15,19-20H,1-4H3. The molecule has 0 saturated heterocycles. The maximum absolute atomic E-state index is 8.01. The largest absolute Gasteiger partial charge is 0.310 e. The van der Waals surface area contributed by atoms with Crippen molar-refractivity contribution in [1.29, 1.82) is 5.41 Å². The van der Waals surface area contributed by atoms with Crippen molar-refractivity contribution in [3.8, 4) is 0 Å². The van der Waals surface area contributed by atoms with E-state index in [-0.39, 0.29) is 11.8 Å². The summed E-state index contributed by atoms with van der Waals surface area (Å²) in [4.78, 5) is 0. The fourth-order valence-corrected chi connectivity index (χ4v) is 2.57. The van der Waals surface area contributed by atoms with Crippen LogP contribution in [0.1, 0.15) is 42.0 Å². The van der Waals surface area contributed by atoms with Crippen molar-refractivity contribution >= 4 is 5.71 Å². The number of benzene rings is 2. The van der Waals surface area contributed by atoms with Gasteiger partial charge in [0.1, 0.15) is 0 Å². The third-order valence-corrected chi connectivity index (χ3v) is 4.06. The normalized spacial score (nSPS) is 12.4. The highest BCUT2D eigenvalue weighted by atomic mass is 14.4. The molecule has 2 rings (SSSR count). The van der Waals surface area contributed by atoms with Gasteiger partial charge in [-0.05, 0) is 31.9 Å². The minimum absolute atomic E-state index is 0.209. The molecule has 20 heavy (non-hydrogen) atoms. The predicted octanol–water partition coefficient (Wildman–Crippen LogP) is 5.11. The molecule has 1 atom stereocenters. The number of hydrogen-bond donors (Lipinski definition) is 1. The van der Waals surface area contributed by atoms with Crippen LogP contribution in [0.5, 0.6) is 0 Å². The molecule has 1 unspecified atom stereocenters. The maximum Gasteiger partial charge on any atom is 0.0167 e. The van der Waals surface area contributed by atoms with Gasteiger partial charge in [0.2, 0.25) is 0 Å². The van der Waals surface area contributed by atoms with E-state index in [4.69, 9.17) is 5.41 Å². The zero-order valence-electron chi connectivity index (χ0n) is 12.8. The highest BCUT2D eigenvalue weighted by Gasteiger charge is 2.22. The monoisotopic (exact) mass is 265 g/mol. The van der Waals surface area contributed by atoms with Crippen molar-refractivity contribution in [1.82, 2.24) is 0 Å². The van der Waals surface area contributed by atoms with Crippen molar-refractivity contribution < 1.29 is 0 Å². The molecule has 1 heteroatoms. The Balaban J connectivity index is 2.46. The summed E-state index contributed by atoms with van der Waals surface area (Å²) in [5.74, 6) is 0.467. The van der Waals surface area contributed by atoms with E-state index in [1.807, 2.05) is 6.92 Å². The minimum Gasteiger partial charge on any atom is -0.310 e. The number of rotatable bonds is 4. The first-order valence-corrected chi connectivity index (χ1v) is 7.17. The third kappa shape index (κ3) is 3.16. The molecule has 0 bridgehead atoms. The molecule has 0 aromatic heterocycles. The molecule has 104 valence electrons. The van der Waals surface area contributed by atoms with Crippen molar-refractivity contribution in [2.75, 3.05) is 0 Å². The topological polar surface area (TPSA) is 23.9 Å². The second-order valence-electron chi connectivity index (χ2n) is 5.77. The van der Waals surface area contributed by atoms with E-state index < -0.39 is 0 Å². The lowest BCUT2D eigenvalue weighted by molar-refractivity contribution is 0.653. The molecular formula is C19H23N. The van der Waals surface area contributed by atoms with E-state index in [1.165, 1.54) is 22.3 Å². The third-order valence-electron chi connectivity index (χ3n) is 4.06. The number of nitrogens with one attached hydrogen (secondary N) is 1. The SMILES string of the molecule is CC(=N)C(C)C(c1ccc(C)cc1)c1ccc(C)cc1. The summed E-state index contributed by atoms with van der Waals surface area (Å²) in [6, 6.07) is 17.4. The van der Waals surface area contributed by atoms with Gasteiger partial charge in [-0.2, -0.15) is 0 Å². The second kappa shape index (κ2) is 6.04. The zero-order valence-corrected chi connectivity index (χ0v) is 12.8. The average molecular weight is 265 g/mol. The first kappa shape index (κ1) is 14.5. The van der Waals surface area contributed by atoms with Crippen LogP contribution in [0.4, 0.5) is 0 Å². The lowest BCUT2D eigenvalue weighted by atomic mass is 9.79. The Morgan fingerprint density at radius 2 is 1.15 bits per heavy atom. The summed E-state index contributed by atoms with van der Waals surface area (Å²) in [7, 11) is 0. The summed E-state index contributed by atoms with van der Waals surface area (Å²) in [6.45, 7) is 8.26. The quantitative estimate of drug-likeness (QED) is 0.743. The van der Waals surface area contributed by atoms with E-state index in [0.717, 1.165) is 5.71 Å². The van der Waals surface area contributed by atoms with E-state index in [2.05, 4.69) is 69.3 Å². The first-order chi connectivity index (χ1) is 9.49. The van der Waals surface area contributed by atoms with E-state index in [9.17, 15) is 0 Å². The molecular weight excluding hydrogens is 242 g/mol. The molecule has 0 spiro atoms. The number of hydrogen-bond acceptors (Lipinski definition) is 1. The summed E-state index contributed by atoms with van der Waals surface area (Å²) in [6.07, 6.45) is 0. The lowest BCUT2D eigenvalue weighted by Gasteiger charge is -2.25. The molecule has 2 aromatic rings. The molecule has 0 heterocycles. The molecule has 0 aliphatic rings. The highest BCUT2D eigenvalue weighted by molar-refractivity contribution is 5.82. The molecule has 0 fully saturated rings. The van der Waals surface area contributed by atoms with Crippen LogP contribution < -0.4 is 0 Å². The molecule has 0 amide bonds. The van der Waals surface area contributed by atoms with Crippen LogP contribution in [0.25, 0.3) is 0 Å². The maximum atomic E-state index is 8.01. The molecule has 1 nitrogen and oxygen atoms in total. The molecule has 0 saturated carbocycles. The van der Waals surface area contributed by atoms with Crippen LogP contribution >= 0.6 is 0 Å². The van der Waals surface area contributed by atoms with Crippen molar-refractivity contribution in [3.05, 3.63) is 70.8 Å². The second-order valence-corrected chi connectivity index (χ2v) is 5.77. The van der Waals surface area contributed by atoms with Gasteiger partial charge in [0, 0.05) is 17.5 Å². The van der Waals surface area contributed by atoms with Gasteiger partial charge in [0.15, 0.2) is 0 Å². The Morgan fingerprint density at radius 3 is 1.45 bits per heavy atom. The predicted molar refractivity (Wildman–Crippen MR) is 86.8 cm³/mol. The van der Waals surface area contributed by atoms with Crippen molar-refractivity contribution in [2.45, 2.75) is 33.6 Å². The van der Waals surface area contributed by atoms with Gasteiger partial charge in [-0.3, -0.25) is 0 Å². The van der Waals surface area contributed by atoms with Crippen LogP contribution in [-0.2, 0) is 0 Å². The van der Waals surface area contributed by atoms with Crippen LogP contribution in [0.15, 0.2) is 48.5 Å². The Labute approximate surface area is 122 Å². The van der Waals surface area contributed by atoms with Crippen molar-refractivity contribution in [2.24, 2.45) is 5.92 Å². The summed E-state index contributed by atoms with van der Waals surface area (Å²) < 4.78 is 0. The van der Waals surface area contributed by atoms with Gasteiger partial charge in [0.25, 0.3) is 0 Å². The molecule has 0 aliphatic carbocycles. The van der Waals surface area contributed by atoms with Crippen LogP contribution in [0.2, 0.25) is 0 Å². The van der Waals surface area contributed by atoms with E-state index in [0.29, 0.717) is 0 Å². The Bertz CT molecular complexity index is 533. The first-order valence-electron chi connectivity index (χ1n) is 7.17. The van der Waals surface area contributed by atoms with E-state index in [1.54, 1.807) is 0 Å².